The molecular weight excluding hydrogens is 305 g/mol. The molecule has 1 aromatic heterocycles. The van der Waals surface area contributed by atoms with Gasteiger partial charge in [0.25, 0.3) is 5.91 Å². The van der Waals surface area contributed by atoms with Crippen LogP contribution in [0.15, 0.2) is 40.8 Å². The first-order chi connectivity index (χ1) is 10.6. The highest BCUT2D eigenvalue weighted by Gasteiger charge is 2.16. The summed E-state index contributed by atoms with van der Waals surface area (Å²) in [5, 5.41) is 11.8. The van der Waals surface area contributed by atoms with Crippen molar-refractivity contribution in [2.75, 3.05) is 18.6 Å². The average Bonchev–Trinajstić information content (AvgIpc) is 2.98. The number of carbonyl (C=O) groups excluding carboxylic acids is 1. The zero-order valence-corrected chi connectivity index (χ0v) is 13.0. The number of thioether (sulfide) groups is 1. The van der Waals surface area contributed by atoms with E-state index < -0.39 is 0 Å². The lowest BCUT2D eigenvalue weighted by molar-refractivity contribution is 0.0908. The Labute approximate surface area is 132 Å². The first-order valence-corrected chi connectivity index (χ1v) is 8.30. The second kappa shape index (κ2) is 8.00. The van der Waals surface area contributed by atoms with Crippen LogP contribution in [0.25, 0.3) is 11.3 Å². The molecule has 0 saturated heterocycles. The minimum absolute atomic E-state index is 0.0183. The van der Waals surface area contributed by atoms with Gasteiger partial charge in [0.05, 0.1) is 0 Å². The van der Waals surface area contributed by atoms with Crippen LogP contribution in [0, 0.1) is 5.82 Å². The molecule has 0 spiro atoms. The predicted octanol–water partition coefficient (Wildman–Crippen LogP) is 2.93. The monoisotopic (exact) mass is 323 g/mol. The van der Waals surface area contributed by atoms with Crippen molar-refractivity contribution in [3.05, 3.63) is 48.0 Å². The Morgan fingerprint density at radius 2 is 2.05 bits per heavy atom. The SMILES string of the molecule is CSCC(CCO)NC(=O)c1ccc(-c2ccc(F)cc2)o1. The van der Waals surface area contributed by atoms with Gasteiger partial charge in [-0.1, -0.05) is 0 Å². The van der Waals surface area contributed by atoms with Crippen LogP contribution in [0.4, 0.5) is 4.39 Å². The Balaban J connectivity index is 2.06. The summed E-state index contributed by atoms with van der Waals surface area (Å²) < 4.78 is 18.4. The van der Waals surface area contributed by atoms with Gasteiger partial charge in [0.15, 0.2) is 5.76 Å². The van der Waals surface area contributed by atoms with Gasteiger partial charge in [-0.2, -0.15) is 11.8 Å². The lowest BCUT2D eigenvalue weighted by atomic mass is 10.2. The van der Waals surface area contributed by atoms with Crippen molar-refractivity contribution in [1.29, 1.82) is 0 Å². The Morgan fingerprint density at radius 1 is 1.32 bits per heavy atom. The number of benzene rings is 1. The number of rotatable bonds is 7. The molecule has 0 radical (unpaired) electrons. The normalized spacial score (nSPS) is 12.1. The van der Waals surface area contributed by atoms with E-state index in [-0.39, 0.29) is 30.1 Å². The number of furan rings is 1. The first kappa shape index (κ1) is 16.6. The molecule has 2 rings (SSSR count). The zero-order chi connectivity index (χ0) is 15.9. The molecule has 2 aromatic rings. The summed E-state index contributed by atoms with van der Waals surface area (Å²) in [5.74, 6) is 0.785. The lowest BCUT2D eigenvalue weighted by Crippen LogP contribution is -2.37. The number of hydrogen-bond acceptors (Lipinski definition) is 4. The van der Waals surface area contributed by atoms with Crippen LogP contribution in [0.3, 0.4) is 0 Å². The highest BCUT2D eigenvalue weighted by atomic mass is 32.2. The molecule has 0 aliphatic rings. The molecule has 0 fully saturated rings. The predicted molar refractivity (Wildman–Crippen MR) is 85.4 cm³/mol. The van der Waals surface area contributed by atoms with Crippen LogP contribution >= 0.6 is 11.8 Å². The molecule has 1 amide bonds. The van der Waals surface area contributed by atoms with E-state index in [2.05, 4.69) is 5.32 Å². The molecule has 2 N–H and O–H groups in total. The van der Waals surface area contributed by atoms with Gasteiger partial charge in [-0.05, 0) is 49.1 Å². The second-order valence-electron chi connectivity index (χ2n) is 4.81. The molecule has 4 nitrogen and oxygen atoms in total. The van der Waals surface area contributed by atoms with Gasteiger partial charge in [0.1, 0.15) is 11.6 Å². The third kappa shape index (κ3) is 4.35. The third-order valence-electron chi connectivity index (χ3n) is 3.14. The van der Waals surface area contributed by atoms with Crippen molar-refractivity contribution < 1.29 is 18.7 Å². The van der Waals surface area contributed by atoms with Crippen molar-refractivity contribution in [3.8, 4) is 11.3 Å². The van der Waals surface area contributed by atoms with Gasteiger partial charge in [-0.3, -0.25) is 4.79 Å². The van der Waals surface area contributed by atoms with E-state index in [0.717, 1.165) is 5.75 Å². The van der Waals surface area contributed by atoms with E-state index in [1.165, 1.54) is 12.1 Å². The first-order valence-electron chi connectivity index (χ1n) is 6.90. The summed E-state index contributed by atoms with van der Waals surface area (Å²) >= 11 is 1.60. The van der Waals surface area contributed by atoms with Gasteiger partial charge >= 0.3 is 0 Å². The molecule has 22 heavy (non-hydrogen) atoms. The lowest BCUT2D eigenvalue weighted by Gasteiger charge is -2.15. The van der Waals surface area contributed by atoms with Crippen molar-refractivity contribution in [2.24, 2.45) is 0 Å². The van der Waals surface area contributed by atoms with Crippen LogP contribution in [0.5, 0.6) is 0 Å². The molecule has 1 aromatic carbocycles. The molecule has 0 aliphatic heterocycles. The number of aliphatic hydroxyl groups is 1. The van der Waals surface area contributed by atoms with E-state index in [1.807, 2.05) is 6.26 Å². The zero-order valence-electron chi connectivity index (χ0n) is 12.2. The van der Waals surface area contributed by atoms with E-state index in [9.17, 15) is 9.18 Å². The number of aliphatic hydroxyl groups excluding tert-OH is 1. The minimum Gasteiger partial charge on any atom is -0.451 e. The van der Waals surface area contributed by atoms with E-state index in [1.54, 1.807) is 36.0 Å². The third-order valence-corrected chi connectivity index (χ3v) is 3.87. The van der Waals surface area contributed by atoms with Crippen molar-refractivity contribution >= 4 is 17.7 Å². The molecule has 1 heterocycles. The van der Waals surface area contributed by atoms with Crippen LogP contribution in [-0.4, -0.2) is 35.7 Å². The number of amides is 1. The maximum atomic E-state index is 12.9. The average molecular weight is 323 g/mol. The fraction of sp³-hybridized carbons (Fsp3) is 0.312. The summed E-state index contributed by atoms with van der Waals surface area (Å²) in [6, 6.07) is 9.03. The number of carbonyl (C=O) groups is 1. The van der Waals surface area contributed by atoms with Crippen molar-refractivity contribution in [1.82, 2.24) is 5.32 Å². The maximum Gasteiger partial charge on any atom is 0.287 e. The van der Waals surface area contributed by atoms with Gasteiger partial charge in [-0.15, -0.1) is 0 Å². The Kier molecular flexibility index (Phi) is 6.03. The summed E-state index contributed by atoms with van der Waals surface area (Å²) in [6.45, 7) is 0.0183. The van der Waals surface area contributed by atoms with Gasteiger partial charge in [0, 0.05) is 24.0 Å². The molecule has 1 atom stereocenters. The molecule has 0 aliphatic carbocycles. The molecule has 0 saturated carbocycles. The second-order valence-corrected chi connectivity index (χ2v) is 5.72. The van der Waals surface area contributed by atoms with E-state index in [0.29, 0.717) is 17.7 Å². The maximum absolute atomic E-state index is 12.9. The quantitative estimate of drug-likeness (QED) is 0.822. The fourth-order valence-corrected chi connectivity index (χ4v) is 2.69. The summed E-state index contributed by atoms with van der Waals surface area (Å²) in [4.78, 5) is 12.1. The van der Waals surface area contributed by atoms with E-state index >= 15 is 0 Å². The van der Waals surface area contributed by atoms with Gasteiger partial charge < -0.3 is 14.8 Å². The fourth-order valence-electron chi connectivity index (χ4n) is 2.04. The smallest absolute Gasteiger partial charge is 0.287 e. The highest BCUT2D eigenvalue weighted by Crippen LogP contribution is 2.22. The van der Waals surface area contributed by atoms with Gasteiger partial charge in [-0.25, -0.2) is 4.39 Å². The Hall–Kier alpha value is -1.79. The van der Waals surface area contributed by atoms with Crippen LogP contribution in [0.2, 0.25) is 0 Å². The minimum atomic E-state index is -0.322. The van der Waals surface area contributed by atoms with Crippen LogP contribution in [0.1, 0.15) is 17.0 Å². The number of nitrogens with one attached hydrogen (secondary N) is 1. The summed E-state index contributed by atoms with van der Waals surface area (Å²) in [7, 11) is 0. The largest absolute Gasteiger partial charge is 0.451 e. The summed E-state index contributed by atoms with van der Waals surface area (Å²) in [6.07, 6.45) is 2.44. The Morgan fingerprint density at radius 3 is 2.68 bits per heavy atom. The molecule has 1 unspecified atom stereocenters. The van der Waals surface area contributed by atoms with Crippen LogP contribution in [-0.2, 0) is 0 Å². The van der Waals surface area contributed by atoms with Crippen molar-refractivity contribution in [2.45, 2.75) is 12.5 Å². The molecule has 6 heteroatoms. The topological polar surface area (TPSA) is 62.5 Å². The number of hydrogen-bond donors (Lipinski definition) is 2. The molecule has 0 bridgehead atoms. The summed E-state index contributed by atoms with van der Waals surface area (Å²) in [5.41, 5.74) is 0.705. The molecular formula is C16H18FNO3S. The van der Waals surface area contributed by atoms with Crippen molar-refractivity contribution in [3.63, 3.8) is 0 Å². The van der Waals surface area contributed by atoms with Crippen LogP contribution < -0.4 is 5.32 Å². The number of halogens is 1. The molecule has 118 valence electrons. The highest BCUT2D eigenvalue weighted by molar-refractivity contribution is 7.98. The standard InChI is InChI=1S/C16H18FNO3S/c1-22-10-13(8-9-19)18-16(20)15-7-6-14(21-15)11-2-4-12(17)5-3-11/h2-7,13,19H,8-10H2,1H3,(H,18,20). The van der Waals surface area contributed by atoms with Gasteiger partial charge in [0.2, 0.25) is 0 Å². The Bertz CT molecular complexity index is 606. The van der Waals surface area contributed by atoms with E-state index in [4.69, 9.17) is 9.52 Å².